The van der Waals surface area contributed by atoms with Gasteiger partial charge < -0.3 is 20.3 Å². The quantitative estimate of drug-likeness (QED) is 0.513. The van der Waals surface area contributed by atoms with Crippen molar-refractivity contribution in [1.82, 2.24) is 15.5 Å². The van der Waals surface area contributed by atoms with Crippen LogP contribution in [0.15, 0.2) is 36.4 Å². The van der Waals surface area contributed by atoms with Crippen LogP contribution in [0.3, 0.4) is 0 Å². The van der Waals surface area contributed by atoms with Crippen molar-refractivity contribution in [2.45, 2.75) is 40.3 Å². The molecule has 0 aliphatic heterocycles. The molecule has 7 nitrogen and oxygen atoms in total. The van der Waals surface area contributed by atoms with Gasteiger partial charge in [-0.2, -0.15) is 0 Å². The second-order valence-corrected chi connectivity index (χ2v) is 6.62. The molecular weight excluding hydrogens is 346 g/mol. The lowest BCUT2D eigenvalue weighted by atomic mass is 10.1. The Morgan fingerprint density at radius 2 is 1.81 bits per heavy atom. The Morgan fingerprint density at radius 1 is 1.19 bits per heavy atom. The molecule has 1 aromatic rings. The number of urea groups is 1. The standard InChI is InChI=1S/C20H29N3O4/c1-6-23(12-14(2)3)18(24)13-27-19(25)17-9-7-16(8-10-17)11-21-20(26)22-15(4)5/h7-10,15H,2,6,11-13H2,1,3-5H3,(H2,21,22,26). The van der Waals surface area contributed by atoms with E-state index in [9.17, 15) is 14.4 Å². The van der Waals surface area contributed by atoms with Crippen LogP contribution < -0.4 is 10.6 Å². The van der Waals surface area contributed by atoms with Gasteiger partial charge in [-0.1, -0.05) is 24.3 Å². The van der Waals surface area contributed by atoms with Crippen LogP contribution in [0.1, 0.15) is 43.6 Å². The molecule has 7 heteroatoms. The molecule has 0 spiro atoms. The van der Waals surface area contributed by atoms with Crippen molar-refractivity contribution in [1.29, 1.82) is 0 Å². The predicted octanol–water partition coefficient (Wildman–Crippen LogP) is 2.48. The van der Waals surface area contributed by atoms with E-state index in [4.69, 9.17) is 4.74 Å². The Morgan fingerprint density at radius 3 is 2.33 bits per heavy atom. The third-order valence-electron chi connectivity index (χ3n) is 3.58. The van der Waals surface area contributed by atoms with Crippen LogP contribution in [-0.2, 0) is 16.1 Å². The molecule has 0 fully saturated rings. The van der Waals surface area contributed by atoms with Crippen LogP contribution in [-0.4, -0.2) is 48.5 Å². The Labute approximate surface area is 160 Å². The van der Waals surface area contributed by atoms with Gasteiger partial charge in [0, 0.05) is 25.7 Å². The highest BCUT2D eigenvalue weighted by Gasteiger charge is 2.15. The van der Waals surface area contributed by atoms with Crippen LogP contribution in [0.2, 0.25) is 0 Å². The van der Waals surface area contributed by atoms with Crippen LogP contribution in [0, 0.1) is 0 Å². The zero-order chi connectivity index (χ0) is 20.4. The van der Waals surface area contributed by atoms with E-state index in [1.165, 1.54) is 0 Å². The molecule has 3 amide bonds. The Kier molecular flexibility index (Phi) is 9.05. The van der Waals surface area contributed by atoms with E-state index in [2.05, 4.69) is 17.2 Å². The van der Waals surface area contributed by atoms with Crippen molar-refractivity contribution in [3.8, 4) is 0 Å². The van der Waals surface area contributed by atoms with Crippen molar-refractivity contribution < 1.29 is 19.1 Å². The molecule has 0 bridgehead atoms. The van der Waals surface area contributed by atoms with Crippen LogP contribution in [0.25, 0.3) is 0 Å². The maximum atomic E-state index is 12.1. The molecule has 1 rings (SSSR count). The van der Waals surface area contributed by atoms with Crippen molar-refractivity contribution >= 4 is 17.9 Å². The molecule has 0 heterocycles. The summed E-state index contributed by atoms with van der Waals surface area (Å²) in [6, 6.07) is 6.48. The van der Waals surface area contributed by atoms with Gasteiger partial charge in [0.2, 0.25) is 0 Å². The Bertz CT molecular complexity index is 668. The molecule has 0 aromatic heterocycles. The summed E-state index contributed by atoms with van der Waals surface area (Å²) in [5, 5.41) is 5.46. The first-order valence-corrected chi connectivity index (χ1v) is 8.95. The summed E-state index contributed by atoms with van der Waals surface area (Å²) in [4.78, 5) is 37.3. The number of likely N-dealkylation sites (N-methyl/N-ethyl adjacent to an activating group) is 1. The number of hydrogen-bond acceptors (Lipinski definition) is 4. The fraction of sp³-hybridized carbons (Fsp3) is 0.450. The SMILES string of the molecule is C=C(C)CN(CC)C(=O)COC(=O)c1ccc(CNC(=O)NC(C)C)cc1. The van der Waals surface area contributed by atoms with Crippen LogP contribution in [0.5, 0.6) is 0 Å². The van der Waals surface area contributed by atoms with E-state index in [1.807, 2.05) is 27.7 Å². The van der Waals surface area contributed by atoms with Gasteiger partial charge in [0.05, 0.1) is 5.56 Å². The Balaban J connectivity index is 2.51. The molecule has 27 heavy (non-hydrogen) atoms. The van der Waals surface area contributed by atoms with Crippen LogP contribution >= 0.6 is 0 Å². The van der Waals surface area contributed by atoms with Crippen molar-refractivity contribution in [2.24, 2.45) is 0 Å². The molecule has 0 aliphatic carbocycles. The number of carbonyl (C=O) groups is 3. The van der Waals surface area contributed by atoms with Gasteiger partial charge in [0.25, 0.3) is 5.91 Å². The predicted molar refractivity (Wildman–Crippen MR) is 104 cm³/mol. The molecule has 0 saturated carbocycles. The summed E-state index contributed by atoms with van der Waals surface area (Å²) in [6.07, 6.45) is 0. The number of hydrogen-bond donors (Lipinski definition) is 2. The highest BCUT2D eigenvalue weighted by molar-refractivity contribution is 5.91. The van der Waals surface area contributed by atoms with Gasteiger partial charge >= 0.3 is 12.0 Å². The topological polar surface area (TPSA) is 87.7 Å². The molecule has 2 N–H and O–H groups in total. The van der Waals surface area contributed by atoms with E-state index in [1.54, 1.807) is 29.2 Å². The molecule has 148 valence electrons. The smallest absolute Gasteiger partial charge is 0.338 e. The number of benzene rings is 1. The average Bonchev–Trinajstić information content (AvgIpc) is 2.61. The fourth-order valence-corrected chi connectivity index (χ4v) is 2.26. The summed E-state index contributed by atoms with van der Waals surface area (Å²) in [7, 11) is 0. The van der Waals surface area contributed by atoms with E-state index >= 15 is 0 Å². The number of carbonyl (C=O) groups excluding carboxylic acids is 3. The molecule has 0 aliphatic rings. The minimum Gasteiger partial charge on any atom is -0.452 e. The van der Waals surface area contributed by atoms with Gasteiger partial charge in [-0.25, -0.2) is 9.59 Å². The largest absolute Gasteiger partial charge is 0.452 e. The maximum Gasteiger partial charge on any atom is 0.338 e. The van der Waals surface area contributed by atoms with E-state index in [0.717, 1.165) is 11.1 Å². The molecule has 0 atom stereocenters. The van der Waals surface area contributed by atoms with Gasteiger partial charge in [-0.15, -0.1) is 0 Å². The summed E-state index contributed by atoms with van der Waals surface area (Å²) in [6.45, 7) is 12.2. The van der Waals surface area contributed by atoms with Crippen molar-refractivity contribution in [3.05, 3.63) is 47.5 Å². The first kappa shape index (κ1) is 22.2. The third-order valence-corrected chi connectivity index (χ3v) is 3.58. The van der Waals surface area contributed by atoms with Gasteiger partial charge in [-0.3, -0.25) is 4.79 Å². The summed E-state index contributed by atoms with van der Waals surface area (Å²) in [5.74, 6) is -0.822. The molecule has 0 radical (unpaired) electrons. The summed E-state index contributed by atoms with van der Waals surface area (Å²) >= 11 is 0. The normalized spacial score (nSPS) is 10.3. The highest BCUT2D eigenvalue weighted by Crippen LogP contribution is 2.07. The average molecular weight is 375 g/mol. The first-order valence-electron chi connectivity index (χ1n) is 8.95. The highest BCUT2D eigenvalue weighted by atomic mass is 16.5. The minimum atomic E-state index is -0.563. The van der Waals surface area contributed by atoms with E-state index in [0.29, 0.717) is 25.2 Å². The molecule has 1 aromatic carbocycles. The van der Waals surface area contributed by atoms with Gasteiger partial charge in [0.15, 0.2) is 6.61 Å². The minimum absolute atomic E-state index is 0.0592. The second-order valence-electron chi connectivity index (χ2n) is 6.62. The lowest BCUT2D eigenvalue weighted by Crippen LogP contribution is -2.39. The number of rotatable bonds is 9. The monoisotopic (exact) mass is 375 g/mol. The summed E-state index contributed by atoms with van der Waals surface area (Å²) in [5.41, 5.74) is 2.06. The Hall–Kier alpha value is -2.83. The number of nitrogens with zero attached hydrogens (tertiary/aromatic N) is 1. The fourth-order valence-electron chi connectivity index (χ4n) is 2.26. The molecule has 0 unspecified atom stereocenters. The third kappa shape index (κ3) is 8.40. The number of esters is 1. The zero-order valence-corrected chi connectivity index (χ0v) is 16.5. The zero-order valence-electron chi connectivity index (χ0n) is 16.5. The van der Waals surface area contributed by atoms with Crippen LogP contribution in [0.4, 0.5) is 4.79 Å². The lowest BCUT2D eigenvalue weighted by molar-refractivity contribution is -0.133. The van der Waals surface area contributed by atoms with Crippen molar-refractivity contribution in [2.75, 3.05) is 19.7 Å². The lowest BCUT2D eigenvalue weighted by Gasteiger charge is -2.20. The summed E-state index contributed by atoms with van der Waals surface area (Å²) < 4.78 is 5.10. The second kappa shape index (κ2) is 11.0. The number of ether oxygens (including phenoxy) is 1. The first-order chi connectivity index (χ1) is 12.7. The van der Waals surface area contributed by atoms with Crippen molar-refractivity contribution in [3.63, 3.8) is 0 Å². The maximum absolute atomic E-state index is 12.1. The van der Waals surface area contributed by atoms with E-state index < -0.39 is 5.97 Å². The number of amides is 3. The number of nitrogens with one attached hydrogen (secondary N) is 2. The van der Waals surface area contributed by atoms with E-state index in [-0.39, 0.29) is 24.6 Å². The molecule has 0 saturated heterocycles. The van der Waals surface area contributed by atoms with Gasteiger partial charge in [-0.05, 0) is 45.4 Å². The molecular formula is C20H29N3O4. The van der Waals surface area contributed by atoms with Gasteiger partial charge in [0.1, 0.15) is 0 Å².